The topological polar surface area (TPSA) is 98.4 Å². The van der Waals surface area contributed by atoms with Crippen molar-refractivity contribution in [3.8, 4) is 17.2 Å². The van der Waals surface area contributed by atoms with Crippen molar-refractivity contribution in [2.75, 3.05) is 18.4 Å². The zero-order valence-electron chi connectivity index (χ0n) is 19.9. The second-order valence-corrected chi connectivity index (χ2v) is 9.62. The van der Waals surface area contributed by atoms with Crippen LogP contribution in [0.15, 0.2) is 66.9 Å². The van der Waals surface area contributed by atoms with Gasteiger partial charge >= 0.3 is 0 Å². The van der Waals surface area contributed by atoms with Crippen LogP contribution >= 0.6 is 0 Å². The minimum Gasteiger partial charge on any atom is -0.349 e. The summed E-state index contributed by atoms with van der Waals surface area (Å²) in [6.45, 7) is 2.69. The van der Waals surface area contributed by atoms with Gasteiger partial charge in [-0.1, -0.05) is 24.3 Å². The second kappa shape index (κ2) is 9.44. The first-order valence-electron chi connectivity index (χ1n) is 12.4. The summed E-state index contributed by atoms with van der Waals surface area (Å²) in [5.41, 5.74) is 5.55. The van der Waals surface area contributed by atoms with Gasteiger partial charge in [0.15, 0.2) is 5.65 Å². The van der Waals surface area contributed by atoms with Gasteiger partial charge in [-0.3, -0.25) is 9.69 Å². The van der Waals surface area contributed by atoms with E-state index in [1.54, 1.807) is 4.52 Å². The lowest BCUT2D eigenvalue weighted by Crippen LogP contribution is -2.25. The Morgan fingerprint density at radius 1 is 1.06 bits per heavy atom. The first-order chi connectivity index (χ1) is 17.6. The Bertz CT molecular complexity index is 1430. The Morgan fingerprint density at radius 2 is 1.86 bits per heavy atom. The summed E-state index contributed by atoms with van der Waals surface area (Å²) in [4.78, 5) is 19.3. The fourth-order valence-electron chi connectivity index (χ4n) is 4.64. The Morgan fingerprint density at radius 3 is 2.58 bits per heavy atom. The number of likely N-dealkylation sites (tertiary alicyclic amines) is 1. The van der Waals surface area contributed by atoms with Crippen LogP contribution in [0.4, 0.5) is 11.6 Å². The molecule has 3 heterocycles. The van der Waals surface area contributed by atoms with Crippen LogP contribution < -0.4 is 10.6 Å². The lowest BCUT2D eigenvalue weighted by molar-refractivity contribution is 0.0951. The van der Waals surface area contributed by atoms with Crippen molar-refractivity contribution in [3.05, 3.63) is 78.0 Å². The zero-order chi connectivity index (χ0) is 24.5. The number of nitrogens with zero attached hydrogens (tertiary/aromatic N) is 5. The van der Waals surface area contributed by atoms with E-state index in [0.29, 0.717) is 17.6 Å². The Hall–Kier alpha value is -4.22. The van der Waals surface area contributed by atoms with Crippen molar-refractivity contribution in [2.45, 2.75) is 31.8 Å². The van der Waals surface area contributed by atoms with E-state index in [9.17, 15) is 4.79 Å². The zero-order valence-corrected chi connectivity index (χ0v) is 19.9. The predicted octanol–water partition coefficient (Wildman–Crippen LogP) is 4.38. The maximum absolute atomic E-state index is 12.2. The number of nitrogens with one attached hydrogen (secondary N) is 2. The van der Waals surface area contributed by atoms with E-state index in [-0.39, 0.29) is 11.8 Å². The molecule has 8 heteroatoms. The van der Waals surface area contributed by atoms with Crippen LogP contribution in [-0.2, 0) is 6.54 Å². The molecule has 0 spiro atoms. The number of benzene rings is 2. The molecule has 2 aliphatic rings. The molecular weight excluding hydrogens is 450 g/mol. The molecule has 6 rings (SSSR count). The number of pyridine rings is 1. The molecule has 2 N–H and O–H groups in total. The van der Waals surface area contributed by atoms with E-state index >= 15 is 0 Å². The summed E-state index contributed by atoms with van der Waals surface area (Å²) in [6, 6.07) is 22.6. The summed E-state index contributed by atoms with van der Waals surface area (Å²) in [6.07, 6.45) is 4.98. The number of hydrogen-bond acceptors (Lipinski definition) is 6. The van der Waals surface area contributed by atoms with Crippen LogP contribution in [0.1, 0.15) is 35.2 Å². The highest BCUT2D eigenvalue weighted by Crippen LogP contribution is 2.26. The monoisotopic (exact) mass is 477 g/mol. The molecule has 2 aromatic carbocycles. The third-order valence-corrected chi connectivity index (χ3v) is 6.80. The molecule has 2 fully saturated rings. The van der Waals surface area contributed by atoms with Gasteiger partial charge in [-0.15, -0.1) is 5.10 Å². The van der Waals surface area contributed by atoms with Crippen LogP contribution in [0, 0.1) is 17.2 Å². The Balaban J connectivity index is 1.16. The van der Waals surface area contributed by atoms with E-state index < -0.39 is 0 Å². The van der Waals surface area contributed by atoms with Crippen molar-refractivity contribution in [2.24, 2.45) is 5.92 Å². The van der Waals surface area contributed by atoms with Crippen LogP contribution in [0.3, 0.4) is 0 Å². The van der Waals surface area contributed by atoms with E-state index in [1.807, 2.05) is 42.6 Å². The van der Waals surface area contributed by atoms with Crippen LogP contribution in [-0.4, -0.2) is 44.5 Å². The summed E-state index contributed by atoms with van der Waals surface area (Å²) >= 11 is 0. The average Bonchev–Trinajstić information content (AvgIpc) is 3.43. The average molecular weight is 478 g/mol. The van der Waals surface area contributed by atoms with E-state index in [2.05, 4.69) is 51.0 Å². The minimum absolute atomic E-state index is 0.0302. The molecule has 4 aromatic rings. The van der Waals surface area contributed by atoms with E-state index in [0.717, 1.165) is 61.4 Å². The molecule has 1 aliphatic carbocycles. The molecule has 1 aliphatic heterocycles. The quantitative estimate of drug-likeness (QED) is 0.410. The van der Waals surface area contributed by atoms with Crippen molar-refractivity contribution >= 4 is 23.2 Å². The normalized spacial score (nSPS) is 17.7. The fraction of sp³-hybridized carbons (Fsp3) is 0.286. The highest BCUT2D eigenvalue weighted by Gasteiger charge is 2.24. The number of carbonyl (C=O) groups excluding carboxylic acids is 1. The Labute approximate surface area is 209 Å². The third kappa shape index (κ3) is 4.79. The number of carbonyl (C=O) groups is 1. The summed E-state index contributed by atoms with van der Waals surface area (Å²) in [5, 5.41) is 20.0. The van der Waals surface area contributed by atoms with Gasteiger partial charge in [0.25, 0.3) is 5.91 Å². The molecular formula is C28H27N7O. The number of aromatic nitrogens is 3. The largest absolute Gasteiger partial charge is 0.349 e. The van der Waals surface area contributed by atoms with Crippen molar-refractivity contribution in [1.29, 1.82) is 5.26 Å². The number of hydrogen-bond donors (Lipinski definition) is 2. The van der Waals surface area contributed by atoms with Gasteiger partial charge in [-0.25, -0.2) is 4.52 Å². The maximum Gasteiger partial charge on any atom is 0.251 e. The smallest absolute Gasteiger partial charge is 0.251 e. The second-order valence-electron chi connectivity index (χ2n) is 9.62. The molecule has 1 amide bonds. The highest BCUT2D eigenvalue weighted by atomic mass is 16.1. The molecule has 1 unspecified atom stereocenters. The van der Waals surface area contributed by atoms with Crippen molar-refractivity contribution < 1.29 is 4.79 Å². The third-order valence-electron chi connectivity index (χ3n) is 6.80. The standard InChI is InChI=1S/C28H27N7O/c29-16-20-13-15-34(18-20)17-19-3-5-21(6-4-19)25-2-1-14-35-26(25)32-28(33-35)31-24-9-7-22(8-10-24)27(36)30-23-11-12-23/h1-10,14,20,23H,11-13,15,17-18H2,(H,30,36)(H,31,33). The number of fused-ring (bicyclic) bond motifs is 1. The predicted molar refractivity (Wildman–Crippen MR) is 138 cm³/mol. The molecule has 36 heavy (non-hydrogen) atoms. The van der Waals surface area contributed by atoms with Gasteiger partial charge in [0, 0.05) is 42.1 Å². The molecule has 1 saturated carbocycles. The van der Waals surface area contributed by atoms with Crippen LogP contribution in [0.2, 0.25) is 0 Å². The first-order valence-corrected chi connectivity index (χ1v) is 12.4. The molecule has 8 nitrogen and oxygen atoms in total. The summed E-state index contributed by atoms with van der Waals surface area (Å²) in [5.74, 6) is 0.620. The van der Waals surface area contributed by atoms with E-state index in [4.69, 9.17) is 10.2 Å². The minimum atomic E-state index is -0.0302. The lowest BCUT2D eigenvalue weighted by Gasteiger charge is -2.15. The fourth-order valence-corrected chi connectivity index (χ4v) is 4.64. The number of nitriles is 1. The number of amides is 1. The van der Waals surface area contributed by atoms with Gasteiger partial charge in [-0.05, 0) is 73.3 Å². The van der Waals surface area contributed by atoms with Gasteiger partial charge in [0.05, 0.1) is 12.0 Å². The molecule has 0 bridgehead atoms. The van der Waals surface area contributed by atoms with Gasteiger partial charge in [0.2, 0.25) is 5.95 Å². The highest BCUT2D eigenvalue weighted by molar-refractivity contribution is 5.95. The molecule has 180 valence electrons. The van der Waals surface area contributed by atoms with Crippen molar-refractivity contribution in [1.82, 2.24) is 24.8 Å². The van der Waals surface area contributed by atoms with Crippen LogP contribution in [0.25, 0.3) is 16.8 Å². The summed E-state index contributed by atoms with van der Waals surface area (Å²) < 4.78 is 1.77. The molecule has 1 atom stereocenters. The summed E-state index contributed by atoms with van der Waals surface area (Å²) in [7, 11) is 0. The Kier molecular flexibility index (Phi) is 5.84. The van der Waals surface area contributed by atoms with Gasteiger partial charge < -0.3 is 10.6 Å². The SMILES string of the molecule is N#CC1CCN(Cc2ccc(-c3cccn4nc(Nc5ccc(C(=O)NC6CC6)cc5)nc34)cc2)C1. The first kappa shape index (κ1) is 22.3. The number of rotatable bonds is 7. The van der Waals surface area contributed by atoms with Gasteiger partial charge in [0.1, 0.15) is 0 Å². The van der Waals surface area contributed by atoms with Crippen LogP contribution in [0.5, 0.6) is 0 Å². The van der Waals surface area contributed by atoms with E-state index in [1.165, 1.54) is 5.56 Å². The lowest BCUT2D eigenvalue weighted by atomic mass is 10.0. The molecule has 2 aromatic heterocycles. The number of anilines is 2. The maximum atomic E-state index is 12.2. The molecule has 1 saturated heterocycles. The van der Waals surface area contributed by atoms with Gasteiger partial charge in [-0.2, -0.15) is 10.2 Å². The van der Waals surface area contributed by atoms with Crippen molar-refractivity contribution in [3.63, 3.8) is 0 Å². The molecule has 0 radical (unpaired) electrons.